The molecule has 1 heterocycles. The molecular formula is C13H17ClN4OS. The van der Waals surface area contributed by atoms with E-state index in [2.05, 4.69) is 29.4 Å². The van der Waals surface area contributed by atoms with Gasteiger partial charge in [-0.3, -0.25) is 4.57 Å². The Morgan fingerprint density at radius 3 is 2.85 bits per heavy atom. The van der Waals surface area contributed by atoms with Gasteiger partial charge in [-0.15, -0.1) is 5.10 Å². The molecule has 2 N–H and O–H groups in total. The van der Waals surface area contributed by atoms with Gasteiger partial charge < -0.3 is 5.32 Å². The summed E-state index contributed by atoms with van der Waals surface area (Å²) in [6.45, 7) is 4.94. The molecule has 0 saturated carbocycles. The minimum absolute atomic E-state index is 0.226. The molecular weight excluding hydrogens is 296 g/mol. The molecule has 0 aliphatic rings. The molecule has 1 aromatic carbocycles. The quantitative estimate of drug-likeness (QED) is 0.890. The van der Waals surface area contributed by atoms with Crippen molar-refractivity contribution in [1.29, 1.82) is 0 Å². The monoisotopic (exact) mass is 312 g/mol. The van der Waals surface area contributed by atoms with Crippen LogP contribution in [0.2, 0.25) is 5.02 Å². The lowest BCUT2D eigenvalue weighted by Crippen LogP contribution is -2.22. The summed E-state index contributed by atoms with van der Waals surface area (Å²) in [5.74, 6) is 0. The largest absolute Gasteiger partial charge is 0.343 e. The van der Waals surface area contributed by atoms with Crippen LogP contribution >= 0.6 is 23.4 Å². The van der Waals surface area contributed by atoms with Crippen molar-refractivity contribution >= 4 is 23.4 Å². The van der Waals surface area contributed by atoms with Gasteiger partial charge in [0, 0.05) is 29.6 Å². The number of nitrogens with one attached hydrogen (secondary N) is 2. The molecule has 2 aromatic rings. The van der Waals surface area contributed by atoms with Gasteiger partial charge in [0.1, 0.15) is 0 Å². The Hall–Kier alpha value is -1.24. The van der Waals surface area contributed by atoms with Crippen molar-refractivity contribution in [2.45, 2.75) is 36.5 Å². The Bertz CT molecular complexity index is 650. The summed E-state index contributed by atoms with van der Waals surface area (Å²) in [5.41, 5.74) is 0.903. The highest BCUT2D eigenvalue weighted by molar-refractivity contribution is 7.99. The van der Waals surface area contributed by atoms with Crippen molar-refractivity contribution in [3.63, 3.8) is 0 Å². The minimum Gasteiger partial charge on any atom is -0.310 e. The van der Waals surface area contributed by atoms with Crippen LogP contribution < -0.4 is 11.0 Å². The Morgan fingerprint density at radius 1 is 1.50 bits per heavy atom. The normalized spacial score (nSPS) is 11.2. The maximum absolute atomic E-state index is 11.4. The summed E-state index contributed by atoms with van der Waals surface area (Å²) in [5, 5.41) is 11.1. The highest BCUT2D eigenvalue weighted by atomic mass is 35.5. The van der Waals surface area contributed by atoms with Gasteiger partial charge in [0.25, 0.3) is 0 Å². The first-order chi connectivity index (χ1) is 9.47. The van der Waals surface area contributed by atoms with Crippen molar-refractivity contribution in [2.24, 2.45) is 7.05 Å². The summed E-state index contributed by atoms with van der Waals surface area (Å²) in [6, 6.07) is 6.15. The second-order valence-electron chi connectivity index (χ2n) is 4.76. The third-order valence-electron chi connectivity index (χ3n) is 2.77. The lowest BCUT2D eigenvalue weighted by Gasteiger charge is -2.12. The Labute approximate surface area is 126 Å². The fraction of sp³-hybridized carbons (Fsp3) is 0.385. The predicted molar refractivity (Wildman–Crippen MR) is 81.4 cm³/mol. The van der Waals surface area contributed by atoms with Crippen LogP contribution in [0.3, 0.4) is 0 Å². The molecule has 0 aliphatic heterocycles. The third kappa shape index (κ3) is 3.65. The van der Waals surface area contributed by atoms with Crippen LogP contribution in [-0.4, -0.2) is 20.8 Å². The smallest absolute Gasteiger partial charge is 0.310 e. The van der Waals surface area contributed by atoms with Crippen LogP contribution in [0.5, 0.6) is 0 Å². The van der Waals surface area contributed by atoms with E-state index in [0.29, 0.717) is 16.2 Å². The summed E-state index contributed by atoms with van der Waals surface area (Å²) in [6.07, 6.45) is 0. The van der Waals surface area contributed by atoms with Crippen molar-refractivity contribution in [3.8, 4) is 0 Å². The number of nitrogens with zero attached hydrogens (tertiary/aromatic N) is 2. The van der Waals surface area contributed by atoms with Crippen LogP contribution in [0.1, 0.15) is 19.4 Å². The summed E-state index contributed by atoms with van der Waals surface area (Å²) in [7, 11) is 1.69. The molecule has 0 unspecified atom stereocenters. The average molecular weight is 313 g/mol. The summed E-state index contributed by atoms with van der Waals surface area (Å²) >= 11 is 7.48. The highest BCUT2D eigenvalue weighted by Crippen LogP contribution is 2.30. The van der Waals surface area contributed by atoms with E-state index in [1.54, 1.807) is 7.05 Å². The number of H-pyrrole nitrogens is 1. The van der Waals surface area contributed by atoms with Crippen molar-refractivity contribution in [2.75, 3.05) is 0 Å². The predicted octanol–water partition coefficient (Wildman–Crippen LogP) is 2.41. The van der Waals surface area contributed by atoms with E-state index < -0.39 is 0 Å². The lowest BCUT2D eigenvalue weighted by molar-refractivity contribution is 0.584. The van der Waals surface area contributed by atoms with Gasteiger partial charge in [-0.1, -0.05) is 31.5 Å². The van der Waals surface area contributed by atoms with Gasteiger partial charge in [0.15, 0.2) is 5.16 Å². The van der Waals surface area contributed by atoms with E-state index in [1.165, 1.54) is 16.3 Å². The molecule has 0 saturated heterocycles. The van der Waals surface area contributed by atoms with Crippen LogP contribution in [0.25, 0.3) is 0 Å². The van der Waals surface area contributed by atoms with E-state index in [9.17, 15) is 4.79 Å². The lowest BCUT2D eigenvalue weighted by atomic mass is 10.2. The minimum atomic E-state index is -0.226. The maximum Gasteiger partial charge on any atom is 0.343 e. The summed E-state index contributed by atoms with van der Waals surface area (Å²) in [4.78, 5) is 12.4. The first-order valence-electron chi connectivity index (χ1n) is 6.28. The second kappa shape index (κ2) is 6.47. The fourth-order valence-corrected chi connectivity index (χ4v) is 2.81. The molecule has 0 fully saturated rings. The van der Waals surface area contributed by atoms with E-state index >= 15 is 0 Å². The number of hydrogen-bond donors (Lipinski definition) is 2. The van der Waals surface area contributed by atoms with E-state index in [-0.39, 0.29) is 5.69 Å². The van der Waals surface area contributed by atoms with E-state index in [1.807, 2.05) is 18.2 Å². The average Bonchev–Trinajstić information content (AvgIpc) is 2.70. The third-order valence-corrected chi connectivity index (χ3v) is 4.15. The van der Waals surface area contributed by atoms with Gasteiger partial charge in [0.05, 0.1) is 0 Å². The molecule has 0 aliphatic carbocycles. The Balaban J connectivity index is 2.27. The molecule has 0 radical (unpaired) electrons. The number of aromatic amines is 1. The molecule has 0 atom stereocenters. The molecule has 1 aromatic heterocycles. The van der Waals surface area contributed by atoms with Gasteiger partial charge in [-0.25, -0.2) is 9.89 Å². The molecule has 7 heteroatoms. The molecule has 0 amide bonds. The molecule has 2 rings (SSSR count). The Kier molecular flexibility index (Phi) is 4.91. The van der Waals surface area contributed by atoms with E-state index in [4.69, 9.17) is 11.6 Å². The standard InChI is InChI=1S/C13H17ClN4OS/c1-8(2)15-7-9-4-5-10(14)6-11(9)20-13-17-16-12(19)18(13)3/h4-6,8,15H,7H2,1-3H3,(H,16,19). The number of halogens is 1. The van der Waals surface area contributed by atoms with Crippen molar-refractivity contribution in [1.82, 2.24) is 20.1 Å². The van der Waals surface area contributed by atoms with Crippen LogP contribution in [0, 0.1) is 0 Å². The molecule has 5 nitrogen and oxygen atoms in total. The SMILES string of the molecule is CC(C)NCc1ccc(Cl)cc1Sc1n[nH]c(=O)n1C. The number of benzene rings is 1. The first kappa shape index (κ1) is 15.2. The van der Waals surface area contributed by atoms with Gasteiger partial charge in [-0.2, -0.15) is 0 Å². The van der Waals surface area contributed by atoms with Crippen molar-refractivity contribution < 1.29 is 0 Å². The fourth-order valence-electron chi connectivity index (χ4n) is 1.61. The highest BCUT2D eigenvalue weighted by Gasteiger charge is 2.11. The molecule has 0 bridgehead atoms. The summed E-state index contributed by atoms with van der Waals surface area (Å²) < 4.78 is 1.48. The number of rotatable bonds is 5. The first-order valence-corrected chi connectivity index (χ1v) is 7.48. The van der Waals surface area contributed by atoms with Crippen LogP contribution in [-0.2, 0) is 13.6 Å². The zero-order chi connectivity index (χ0) is 14.7. The Morgan fingerprint density at radius 2 is 2.25 bits per heavy atom. The van der Waals surface area contributed by atoms with Crippen molar-refractivity contribution in [3.05, 3.63) is 39.3 Å². The van der Waals surface area contributed by atoms with Gasteiger partial charge in [-0.05, 0) is 29.5 Å². The molecule has 20 heavy (non-hydrogen) atoms. The number of hydrogen-bond acceptors (Lipinski definition) is 4. The molecule has 0 spiro atoms. The topological polar surface area (TPSA) is 62.7 Å². The van der Waals surface area contributed by atoms with Gasteiger partial charge >= 0.3 is 5.69 Å². The van der Waals surface area contributed by atoms with E-state index in [0.717, 1.165) is 17.0 Å². The van der Waals surface area contributed by atoms with Gasteiger partial charge in [0.2, 0.25) is 0 Å². The maximum atomic E-state index is 11.4. The zero-order valence-corrected chi connectivity index (χ0v) is 13.2. The number of aromatic nitrogens is 3. The zero-order valence-electron chi connectivity index (χ0n) is 11.6. The van der Waals surface area contributed by atoms with Crippen LogP contribution in [0.15, 0.2) is 33.0 Å². The van der Waals surface area contributed by atoms with Crippen LogP contribution in [0.4, 0.5) is 0 Å². The molecule has 108 valence electrons. The second-order valence-corrected chi connectivity index (χ2v) is 6.21.